The van der Waals surface area contributed by atoms with Crippen LogP contribution in [0.5, 0.6) is 11.5 Å². The Morgan fingerprint density at radius 1 is 1.06 bits per heavy atom. The minimum absolute atomic E-state index is 0.187. The zero-order valence-corrected chi connectivity index (χ0v) is 19.8. The third-order valence-corrected chi connectivity index (χ3v) is 5.49. The van der Waals surface area contributed by atoms with E-state index < -0.39 is 0 Å². The highest BCUT2D eigenvalue weighted by molar-refractivity contribution is 6.32. The Balaban J connectivity index is 1.67. The first-order chi connectivity index (χ1) is 17.0. The van der Waals surface area contributed by atoms with Crippen molar-refractivity contribution in [1.29, 1.82) is 0 Å². The van der Waals surface area contributed by atoms with E-state index in [9.17, 15) is 9.18 Å². The van der Waals surface area contributed by atoms with Gasteiger partial charge >= 0.3 is 0 Å². The second-order valence-electron chi connectivity index (χ2n) is 8.04. The first-order valence-electron chi connectivity index (χ1n) is 11.4. The highest BCUT2D eigenvalue weighted by Gasteiger charge is 2.28. The average molecular weight is 471 g/mol. The number of anilines is 1. The summed E-state index contributed by atoms with van der Waals surface area (Å²) in [6, 6.07) is 19.3. The normalized spacial score (nSPS) is 14.3. The summed E-state index contributed by atoms with van der Waals surface area (Å²) in [7, 11) is 0. The molecule has 0 aromatic heterocycles. The van der Waals surface area contributed by atoms with Crippen LogP contribution in [0.2, 0.25) is 0 Å². The number of benzene rings is 3. The van der Waals surface area contributed by atoms with E-state index in [1.54, 1.807) is 18.2 Å². The number of halogens is 1. The second kappa shape index (κ2) is 10.8. The van der Waals surface area contributed by atoms with E-state index in [4.69, 9.17) is 9.47 Å². The Morgan fingerprint density at radius 3 is 2.49 bits per heavy atom. The molecule has 3 aromatic carbocycles. The summed E-state index contributed by atoms with van der Waals surface area (Å²) < 4.78 is 25.3. The van der Waals surface area contributed by atoms with Crippen LogP contribution in [0.15, 0.2) is 90.1 Å². The van der Waals surface area contributed by atoms with E-state index in [1.165, 1.54) is 17.1 Å². The van der Waals surface area contributed by atoms with Crippen molar-refractivity contribution in [2.24, 2.45) is 5.10 Å². The molecule has 1 heterocycles. The van der Waals surface area contributed by atoms with Gasteiger partial charge in [0.15, 0.2) is 11.5 Å². The van der Waals surface area contributed by atoms with E-state index in [1.807, 2.05) is 62.4 Å². The minimum Gasteiger partial charge on any atom is -0.490 e. The average Bonchev–Trinajstić information content (AvgIpc) is 3.14. The molecule has 178 valence electrons. The molecule has 0 radical (unpaired) electrons. The number of amides is 1. The standard InChI is InChI=1S/C29H27FN2O3/c1-4-9-23-16-22(17-26-20(3)31-32(29(26)33)25-10-7-6-8-11-25)18-27(34-5-2)28(23)35-19-21-12-14-24(30)15-13-21/h4,6-8,10-18H,1,5,9,19H2,2-3H3/b26-17+. The van der Waals surface area contributed by atoms with Gasteiger partial charge < -0.3 is 9.47 Å². The molecule has 1 aliphatic rings. The number of hydrazone groups is 1. The molecule has 3 aromatic rings. The van der Waals surface area contributed by atoms with Crippen molar-refractivity contribution in [2.45, 2.75) is 26.9 Å². The molecule has 4 rings (SSSR count). The van der Waals surface area contributed by atoms with E-state index in [2.05, 4.69) is 11.7 Å². The summed E-state index contributed by atoms with van der Waals surface area (Å²) in [4.78, 5) is 13.1. The third-order valence-electron chi connectivity index (χ3n) is 5.49. The zero-order valence-electron chi connectivity index (χ0n) is 19.8. The minimum atomic E-state index is -0.292. The van der Waals surface area contributed by atoms with Crippen LogP contribution in [0, 0.1) is 5.82 Å². The molecule has 0 atom stereocenters. The molecule has 6 heteroatoms. The Morgan fingerprint density at radius 2 is 1.80 bits per heavy atom. The lowest BCUT2D eigenvalue weighted by Gasteiger charge is -2.17. The van der Waals surface area contributed by atoms with Gasteiger partial charge in [-0.15, -0.1) is 6.58 Å². The van der Waals surface area contributed by atoms with Crippen LogP contribution in [-0.2, 0) is 17.8 Å². The van der Waals surface area contributed by atoms with Gasteiger partial charge in [0.2, 0.25) is 0 Å². The molecule has 1 aliphatic heterocycles. The van der Waals surface area contributed by atoms with Crippen LogP contribution >= 0.6 is 0 Å². The van der Waals surface area contributed by atoms with Crippen LogP contribution in [0.25, 0.3) is 6.08 Å². The molecule has 0 aliphatic carbocycles. The highest BCUT2D eigenvalue weighted by atomic mass is 19.1. The number of rotatable bonds is 9. The lowest BCUT2D eigenvalue weighted by Crippen LogP contribution is -2.21. The van der Waals surface area contributed by atoms with E-state index >= 15 is 0 Å². The predicted molar refractivity (Wildman–Crippen MR) is 137 cm³/mol. The fourth-order valence-corrected chi connectivity index (χ4v) is 3.83. The van der Waals surface area contributed by atoms with Crippen LogP contribution in [-0.4, -0.2) is 18.2 Å². The molecular weight excluding hydrogens is 443 g/mol. The molecule has 35 heavy (non-hydrogen) atoms. The van der Waals surface area contributed by atoms with Gasteiger partial charge in [-0.05, 0) is 73.9 Å². The number of carbonyl (C=O) groups is 1. The molecule has 0 bridgehead atoms. The first kappa shape index (κ1) is 24.0. The van der Waals surface area contributed by atoms with E-state index in [0.717, 1.165) is 16.7 Å². The SMILES string of the molecule is C=CCc1cc(/C=C2/C(=O)N(c3ccccc3)N=C2C)cc(OCC)c1OCc1ccc(F)cc1. The topological polar surface area (TPSA) is 51.1 Å². The fourth-order valence-electron chi connectivity index (χ4n) is 3.83. The van der Waals surface area contributed by atoms with Crippen LogP contribution < -0.4 is 14.5 Å². The molecular formula is C29H27FN2O3. The maximum absolute atomic E-state index is 13.3. The quantitative estimate of drug-likeness (QED) is 0.271. The number of allylic oxidation sites excluding steroid dienone is 1. The van der Waals surface area contributed by atoms with Crippen molar-refractivity contribution < 1.29 is 18.7 Å². The first-order valence-corrected chi connectivity index (χ1v) is 11.4. The maximum atomic E-state index is 13.3. The fraction of sp³-hybridized carbons (Fsp3) is 0.172. The molecule has 0 saturated heterocycles. The number of ether oxygens (including phenoxy) is 2. The van der Waals surface area contributed by atoms with Crippen LogP contribution in [0.4, 0.5) is 10.1 Å². The summed E-state index contributed by atoms with van der Waals surface area (Å²) in [5.41, 5.74) is 4.38. The lowest BCUT2D eigenvalue weighted by atomic mass is 10.0. The molecule has 0 fully saturated rings. The van der Waals surface area contributed by atoms with Gasteiger partial charge in [-0.1, -0.05) is 36.4 Å². The number of para-hydroxylation sites is 1. The van der Waals surface area contributed by atoms with Gasteiger partial charge in [-0.3, -0.25) is 4.79 Å². The summed E-state index contributed by atoms with van der Waals surface area (Å²) in [6.07, 6.45) is 4.16. The molecule has 5 nitrogen and oxygen atoms in total. The van der Waals surface area contributed by atoms with Gasteiger partial charge in [0, 0.05) is 5.56 Å². The summed E-state index contributed by atoms with van der Waals surface area (Å²) in [5.74, 6) is 0.696. The van der Waals surface area contributed by atoms with Crippen molar-refractivity contribution in [3.05, 3.63) is 107 Å². The van der Waals surface area contributed by atoms with Gasteiger partial charge in [0.1, 0.15) is 12.4 Å². The van der Waals surface area contributed by atoms with Crippen molar-refractivity contribution in [2.75, 3.05) is 11.6 Å². The highest BCUT2D eigenvalue weighted by Crippen LogP contribution is 2.36. The van der Waals surface area contributed by atoms with E-state index in [0.29, 0.717) is 41.5 Å². The van der Waals surface area contributed by atoms with Crippen LogP contribution in [0.1, 0.15) is 30.5 Å². The van der Waals surface area contributed by atoms with E-state index in [-0.39, 0.29) is 18.3 Å². The largest absolute Gasteiger partial charge is 0.490 e. The molecule has 0 unspecified atom stereocenters. The molecule has 1 amide bonds. The number of hydrogen-bond acceptors (Lipinski definition) is 4. The van der Waals surface area contributed by atoms with Gasteiger partial charge in [-0.2, -0.15) is 10.1 Å². The maximum Gasteiger partial charge on any atom is 0.280 e. The number of carbonyl (C=O) groups excluding carboxylic acids is 1. The molecule has 0 saturated carbocycles. The van der Waals surface area contributed by atoms with Gasteiger partial charge in [-0.25, -0.2) is 4.39 Å². The van der Waals surface area contributed by atoms with Crippen molar-refractivity contribution in [3.63, 3.8) is 0 Å². The van der Waals surface area contributed by atoms with Crippen molar-refractivity contribution in [3.8, 4) is 11.5 Å². The Kier molecular flexibility index (Phi) is 7.41. The van der Waals surface area contributed by atoms with Crippen molar-refractivity contribution >= 4 is 23.4 Å². The summed E-state index contributed by atoms with van der Waals surface area (Å²) in [6.45, 7) is 8.30. The van der Waals surface area contributed by atoms with Crippen molar-refractivity contribution in [1.82, 2.24) is 0 Å². The predicted octanol–water partition coefficient (Wildman–Crippen LogP) is 6.34. The third kappa shape index (κ3) is 5.49. The Hall–Kier alpha value is -4.19. The number of nitrogens with zero attached hydrogens (tertiary/aromatic N) is 2. The summed E-state index contributed by atoms with van der Waals surface area (Å²) in [5, 5.41) is 5.87. The lowest BCUT2D eigenvalue weighted by molar-refractivity contribution is -0.114. The van der Waals surface area contributed by atoms with Gasteiger partial charge in [0.05, 0.1) is 23.6 Å². The molecule has 0 N–H and O–H groups in total. The monoisotopic (exact) mass is 470 g/mol. The van der Waals surface area contributed by atoms with Gasteiger partial charge in [0.25, 0.3) is 5.91 Å². The second-order valence-corrected chi connectivity index (χ2v) is 8.04. The zero-order chi connectivity index (χ0) is 24.8. The number of hydrogen-bond donors (Lipinski definition) is 0. The smallest absolute Gasteiger partial charge is 0.280 e. The summed E-state index contributed by atoms with van der Waals surface area (Å²) >= 11 is 0. The Labute approximate surface area is 204 Å². The molecule has 0 spiro atoms. The van der Waals surface area contributed by atoms with Crippen LogP contribution in [0.3, 0.4) is 0 Å². The Bertz CT molecular complexity index is 1280.